The van der Waals surface area contributed by atoms with E-state index in [-0.39, 0.29) is 55.2 Å². The Kier molecular flexibility index (Phi) is 7.39. The van der Waals surface area contributed by atoms with Crippen LogP contribution in [0.3, 0.4) is 0 Å². The van der Waals surface area contributed by atoms with E-state index in [9.17, 15) is 18.0 Å². The van der Waals surface area contributed by atoms with Crippen LogP contribution in [-0.2, 0) is 29.1 Å². The van der Waals surface area contributed by atoms with E-state index < -0.39 is 16.0 Å². The Hall–Kier alpha value is -1.68. The number of halogens is 1. The Morgan fingerprint density at radius 2 is 1.77 bits per heavy atom. The van der Waals surface area contributed by atoms with Crippen molar-refractivity contribution in [2.24, 2.45) is 0 Å². The average molecular weight is 405 g/mol. The van der Waals surface area contributed by atoms with Crippen LogP contribution in [0.4, 0.5) is 0 Å². The minimum Gasteiger partial charge on any atom is -0.454 e. The maximum Gasteiger partial charge on any atom is 0.332 e. The molecule has 0 unspecified atom stereocenters. The molecule has 26 heavy (non-hydrogen) atoms. The van der Waals surface area contributed by atoms with Crippen molar-refractivity contribution in [2.45, 2.75) is 11.8 Å². The largest absolute Gasteiger partial charge is 0.454 e. The molecule has 0 N–H and O–H groups in total. The Morgan fingerprint density at radius 1 is 1.12 bits per heavy atom. The van der Waals surface area contributed by atoms with Gasteiger partial charge in [-0.15, -0.1) is 0 Å². The van der Waals surface area contributed by atoms with E-state index in [2.05, 4.69) is 0 Å². The molecule has 0 spiro atoms. The van der Waals surface area contributed by atoms with Crippen LogP contribution in [-0.4, -0.2) is 75.5 Å². The molecule has 1 saturated heterocycles. The van der Waals surface area contributed by atoms with E-state index in [1.54, 1.807) is 19.1 Å². The van der Waals surface area contributed by atoms with Crippen molar-refractivity contribution in [2.75, 3.05) is 46.0 Å². The molecule has 1 aromatic rings. The molecule has 1 aliphatic heterocycles. The highest BCUT2D eigenvalue weighted by Gasteiger charge is 2.31. The fraction of sp³-hybridized carbons (Fsp3) is 0.500. The first-order valence-electron chi connectivity index (χ1n) is 8.12. The summed E-state index contributed by atoms with van der Waals surface area (Å²) in [5, 5.41) is 0.159. The van der Waals surface area contributed by atoms with Crippen molar-refractivity contribution >= 4 is 33.5 Å². The lowest BCUT2D eigenvalue weighted by molar-refractivity contribution is -0.156. The van der Waals surface area contributed by atoms with Gasteiger partial charge in [0.25, 0.3) is 5.91 Å². The van der Waals surface area contributed by atoms with Gasteiger partial charge in [-0.3, -0.25) is 4.79 Å². The van der Waals surface area contributed by atoms with Gasteiger partial charge in [0.2, 0.25) is 10.0 Å². The van der Waals surface area contributed by atoms with Gasteiger partial charge in [-0.2, -0.15) is 4.31 Å². The quantitative estimate of drug-likeness (QED) is 0.623. The first-order chi connectivity index (χ1) is 12.4. The molecule has 0 aromatic heterocycles. The summed E-state index contributed by atoms with van der Waals surface area (Å²) in [7, 11) is -3.72. The zero-order valence-corrected chi connectivity index (χ0v) is 16.0. The number of sulfonamides is 1. The van der Waals surface area contributed by atoms with Gasteiger partial charge < -0.3 is 14.4 Å². The fourth-order valence-electron chi connectivity index (χ4n) is 2.43. The van der Waals surface area contributed by atoms with Crippen LogP contribution >= 0.6 is 11.6 Å². The standard InChI is InChI=1S/C16H21ClN2O6S/c1-2-24-12-16(21)25-11-15(20)18-7-9-19(10-8-18)26(22,23)14-6-4-3-5-13(14)17/h3-6H,2,7-12H2,1H3. The number of benzene rings is 1. The molecule has 8 nitrogen and oxygen atoms in total. The highest BCUT2D eigenvalue weighted by atomic mass is 35.5. The van der Waals surface area contributed by atoms with Crippen molar-refractivity contribution in [1.82, 2.24) is 9.21 Å². The molecule has 1 aromatic carbocycles. The zero-order chi connectivity index (χ0) is 19.2. The molecular formula is C16H21ClN2O6S. The molecule has 2 rings (SSSR count). The van der Waals surface area contributed by atoms with Crippen LogP contribution in [0.1, 0.15) is 6.92 Å². The second kappa shape index (κ2) is 9.31. The van der Waals surface area contributed by atoms with Crippen molar-refractivity contribution in [1.29, 1.82) is 0 Å². The number of amides is 1. The van der Waals surface area contributed by atoms with Crippen LogP contribution in [0.5, 0.6) is 0 Å². The summed E-state index contributed by atoms with van der Waals surface area (Å²) in [6.45, 7) is 2.26. The Labute approximate surface area is 157 Å². The first-order valence-corrected chi connectivity index (χ1v) is 9.94. The lowest BCUT2D eigenvalue weighted by Crippen LogP contribution is -2.51. The predicted octanol–water partition coefficient (Wildman–Crippen LogP) is 0.753. The zero-order valence-electron chi connectivity index (χ0n) is 14.4. The Bertz CT molecular complexity index is 747. The third-order valence-corrected chi connectivity index (χ3v) is 6.22. The normalized spacial score (nSPS) is 15.7. The number of carbonyl (C=O) groups is 2. The predicted molar refractivity (Wildman–Crippen MR) is 94.2 cm³/mol. The molecule has 144 valence electrons. The van der Waals surface area contributed by atoms with Crippen LogP contribution in [0.2, 0.25) is 5.02 Å². The van der Waals surface area contributed by atoms with Gasteiger partial charge in [0.15, 0.2) is 6.61 Å². The van der Waals surface area contributed by atoms with Gasteiger partial charge in [0.05, 0.1) is 5.02 Å². The second-order valence-corrected chi connectivity index (χ2v) is 7.83. The van der Waals surface area contributed by atoms with E-state index in [1.807, 2.05) is 0 Å². The first kappa shape index (κ1) is 20.6. The van der Waals surface area contributed by atoms with Crippen molar-refractivity contribution in [3.8, 4) is 0 Å². The highest BCUT2D eigenvalue weighted by Crippen LogP contribution is 2.24. The lowest BCUT2D eigenvalue weighted by Gasteiger charge is -2.34. The average Bonchev–Trinajstić information content (AvgIpc) is 2.64. The highest BCUT2D eigenvalue weighted by molar-refractivity contribution is 7.89. The molecule has 0 atom stereocenters. The third-order valence-electron chi connectivity index (χ3n) is 3.83. The minimum atomic E-state index is -3.72. The summed E-state index contributed by atoms with van der Waals surface area (Å²) in [6.07, 6.45) is 0. The van der Waals surface area contributed by atoms with Crippen LogP contribution in [0.15, 0.2) is 29.2 Å². The number of rotatable bonds is 7. The lowest BCUT2D eigenvalue weighted by atomic mass is 10.3. The molecule has 1 heterocycles. The molecule has 0 aliphatic carbocycles. The molecule has 1 amide bonds. The van der Waals surface area contributed by atoms with Crippen LogP contribution in [0, 0.1) is 0 Å². The maximum absolute atomic E-state index is 12.7. The number of ether oxygens (including phenoxy) is 2. The number of nitrogens with zero attached hydrogens (tertiary/aromatic N) is 2. The van der Waals surface area contributed by atoms with Crippen molar-refractivity contribution in [3.63, 3.8) is 0 Å². The summed E-state index contributed by atoms with van der Waals surface area (Å²) < 4.78 is 36.3. The number of carbonyl (C=O) groups excluding carboxylic acids is 2. The van der Waals surface area contributed by atoms with Crippen LogP contribution < -0.4 is 0 Å². The monoisotopic (exact) mass is 404 g/mol. The van der Waals surface area contributed by atoms with E-state index >= 15 is 0 Å². The summed E-state index contributed by atoms with van der Waals surface area (Å²) in [4.78, 5) is 24.9. The maximum atomic E-state index is 12.7. The summed E-state index contributed by atoms with van der Waals surface area (Å²) >= 11 is 5.99. The number of hydrogen-bond acceptors (Lipinski definition) is 6. The fourth-order valence-corrected chi connectivity index (χ4v) is 4.35. The molecule has 1 aliphatic rings. The smallest absolute Gasteiger partial charge is 0.332 e. The summed E-state index contributed by atoms with van der Waals surface area (Å²) in [5.74, 6) is -0.982. The number of piperazine rings is 1. The van der Waals surface area contributed by atoms with Crippen molar-refractivity contribution < 1.29 is 27.5 Å². The molecule has 1 fully saturated rings. The Balaban J connectivity index is 1.88. The van der Waals surface area contributed by atoms with Crippen LogP contribution in [0.25, 0.3) is 0 Å². The third kappa shape index (κ3) is 5.16. The SMILES string of the molecule is CCOCC(=O)OCC(=O)N1CCN(S(=O)(=O)c2ccccc2Cl)CC1. The number of hydrogen-bond donors (Lipinski definition) is 0. The van der Waals surface area contributed by atoms with Gasteiger partial charge in [-0.1, -0.05) is 23.7 Å². The van der Waals surface area contributed by atoms with E-state index in [0.717, 1.165) is 0 Å². The molecule has 10 heteroatoms. The van der Waals surface area contributed by atoms with Gasteiger partial charge in [0, 0.05) is 32.8 Å². The number of esters is 1. The van der Waals surface area contributed by atoms with Gasteiger partial charge >= 0.3 is 5.97 Å². The second-order valence-electron chi connectivity index (χ2n) is 5.51. The van der Waals surface area contributed by atoms with Gasteiger partial charge in [-0.25, -0.2) is 13.2 Å². The van der Waals surface area contributed by atoms with E-state index in [1.165, 1.54) is 21.3 Å². The summed E-state index contributed by atoms with van der Waals surface area (Å²) in [5.41, 5.74) is 0. The van der Waals surface area contributed by atoms with Gasteiger partial charge in [-0.05, 0) is 19.1 Å². The molecular weight excluding hydrogens is 384 g/mol. The molecule has 0 saturated carbocycles. The Morgan fingerprint density at radius 3 is 2.38 bits per heavy atom. The van der Waals surface area contributed by atoms with E-state index in [0.29, 0.717) is 6.61 Å². The summed E-state index contributed by atoms with van der Waals surface area (Å²) in [6, 6.07) is 6.23. The minimum absolute atomic E-state index is 0.0475. The van der Waals surface area contributed by atoms with Crippen molar-refractivity contribution in [3.05, 3.63) is 29.3 Å². The molecule has 0 bridgehead atoms. The molecule has 0 radical (unpaired) electrons. The van der Waals surface area contributed by atoms with E-state index in [4.69, 9.17) is 21.1 Å². The van der Waals surface area contributed by atoms with Gasteiger partial charge in [0.1, 0.15) is 11.5 Å². The topological polar surface area (TPSA) is 93.2 Å².